The molecule has 0 spiro atoms. The zero-order valence-corrected chi connectivity index (χ0v) is 15.4. The van der Waals surface area contributed by atoms with Crippen molar-refractivity contribution in [3.63, 3.8) is 0 Å². The summed E-state index contributed by atoms with van der Waals surface area (Å²) in [6.45, 7) is -0.00629. The van der Waals surface area contributed by atoms with Gasteiger partial charge in [-0.25, -0.2) is 8.78 Å². The van der Waals surface area contributed by atoms with Gasteiger partial charge in [0.05, 0.1) is 7.11 Å². The molecule has 0 bridgehead atoms. The highest BCUT2D eigenvalue weighted by Crippen LogP contribution is 2.26. The fraction of sp³-hybridized carbons (Fsp3) is 0.0909. The number of rotatable bonds is 6. The van der Waals surface area contributed by atoms with E-state index in [0.717, 1.165) is 17.2 Å². The molecule has 0 amide bonds. The van der Waals surface area contributed by atoms with E-state index in [2.05, 4.69) is 10.1 Å². The van der Waals surface area contributed by atoms with Crippen molar-refractivity contribution in [3.05, 3.63) is 83.9 Å². The Balaban J connectivity index is 1.46. The lowest BCUT2D eigenvalue weighted by Gasteiger charge is -2.07. The van der Waals surface area contributed by atoms with Crippen molar-refractivity contribution in [2.45, 2.75) is 6.61 Å². The van der Waals surface area contributed by atoms with Crippen LogP contribution in [0.1, 0.15) is 5.56 Å². The van der Waals surface area contributed by atoms with Gasteiger partial charge in [0.25, 0.3) is 5.89 Å². The Labute approximate surface area is 165 Å². The van der Waals surface area contributed by atoms with Crippen LogP contribution in [0.3, 0.4) is 0 Å². The third-order valence-electron chi connectivity index (χ3n) is 4.26. The van der Waals surface area contributed by atoms with Crippen molar-refractivity contribution in [1.29, 1.82) is 0 Å². The second-order valence-corrected chi connectivity index (χ2v) is 6.20. The Bertz CT molecular complexity index is 1130. The maximum Gasteiger partial charge on any atom is 0.258 e. The molecule has 0 aliphatic heterocycles. The van der Waals surface area contributed by atoms with Crippen molar-refractivity contribution in [2.75, 3.05) is 7.11 Å². The van der Waals surface area contributed by atoms with E-state index in [1.807, 2.05) is 24.3 Å². The van der Waals surface area contributed by atoms with E-state index in [9.17, 15) is 8.78 Å². The highest BCUT2D eigenvalue weighted by Gasteiger charge is 2.12. The fourth-order valence-corrected chi connectivity index (χ4v) is 2.71. The van der Waals surface area contributed by atoms with E-state index in [0.29, 0.717) is 23.2 Å². The lowest BCUT2D eigenvalue weighted by atomic mass is 10.2. The molecule has 0 N–H and O–H groups in total. The van der Waals surface area contributed by atoms with E-state index in [-0.39, 0.29) is 12.2 Å². The molecule has 7 heteroatoms. The largest absolute Gasteiger partial charge is 0.497 e. The van der Waals surface area contributed by atoms with Crippen LogP contribution in [0.2, 0.25) is 0 Å². The van der Waals surface area contributed by atoms with E-state index in [1.165, 1.54) is 12.1 Å². The predicted molar refractivity (Wildman–Crippen MR) is 102 cm³/mol. The predicted octanol–water partition coefficient (Wildman–Crippen LogP) is 5.27. The van der Waals surface area contributed by atoms with Crippen molar-refractivity contribution < 1.29 is 22.8 Å². The van der Waals surface area contributed by atoms with Gasteiger partial charge in [-0.2, -0.15) is 4.98 Å². The van der Waals surface area contributed by atoms with Crippen LogP contribution in [-0.2, 0) is 6.61 Å². The van der Waals surface area contributed by atoms with Gasteiger partial charge in [-0.1, -0.05) is 11.2 Å². The quantitative estimate of drug-likeness (QED) is 0.446. The first-order valence-corrected chi connectivity index (χ1v) is 8.77. The SMILES string of the molecule is COc1cccc(-c2nc(-c3ccc(OCc4ccc(F)cc4F)cc3)no2)c1. The average Bonchev–Trinajstić information content (AvgIpc) is 3.24. The molecule has 1 aromatic heterocycles. The number of halogens is 2. The zero-order chi connectivity index (χ0) is 20.2. The van der Waals surface area contributed by atoms with Crippen molar-refractivity contribution in [1.82, 2.24) is 10.1 Å². The number of nitrogens with zero attached hydrogens (tertiary/aromatic N) is 2. The van der Waals surface area contributed by atoms with Crippen LogP contribution in [0.4, 0.5) is 8.78 Å². The minimum Gasteiger partial charge on any atom is -0.497 e. The molecule has 29 heavy (non-hydrogen) atoms. The van der Waals surface area contributed by atoms with Gasteiger partial charge in [-0.05, 0) is 54.6 Å². The number of hydrogen-bond donors (Lipinski definition) is 0. The first kappa shape index (κ1) is 18.6. The van der Waals surface area contributed by atoms with E-state index in [4.69, 9.17) is 14.0 Å². The van der Waals surface area contributed by atoms with Crippen LogP contribution in [-0.4, -0.2) is 17.3 Å². The number of ether oxygens (including phenoxy) is 2. The standard InChI is InChI=1S/C22H16F2N2O3/c1-27-19-4-2-3-15(11-19)22-25-21(26-29-22)14-6-9-18(10-7-14)28-13-16-5-8-17(23)12-20(16)24/h2-12H,13H2,1H3. The smallest absolute Gasteiger partial charge is 0.258 e. The zero-order valence-electron chi connectivity index (χ0n) is 15.4. The summed E-state index contributed by atoms with van der Waals surface area (Å²) < 4.78 is 42.7. The maximum absolute atomic E-state index is 13.7. The summed E-state index contributed by atoms with van der Waals surface area (Å²) in [5.74, 6) is 0.780. The summed E-state index contributed by atoms with van der Waals surface area (Å²) in [6, 6.07) is 17.7. The Kier molecular flexibility index (Phi) is 5.20. The molecule has 0 saturated carbocycles. The molecule has 1 heterocycles. The minimum absolute atomic E-state index is 0.00629. The highest BCUT2D eigenvalue weighted by molar-refractivity contribution is 5.61. The summed E-state index contributed by atoms with van der Waals surface area (Å²) in [6.07, 6.45) is 0. The molecule has 0 saturated heterocycles. The van der Waals surface area contributed by atoms with Crippen LogP contribution in [0, 0.1) is 11.6 Å². The molecule has 0 aliphatic rings. The molecule has 0 atom stereocenters. The molecular weight excluding hydrogens is 378 g/mol. The molecule has 0 radical (unpaired) electrons. The van der Waals surface area contributed by atoms with Gasteiger partial charge >= 0.3 is 0 Å². The molecule has 0 fully saturated rings. The summed E-state index contributed by atoms with van der Waals surface area (Å²) in [5, 5.41) is 4.01. The molecule has 0 unspecified atom stereocenters. The van der Waals surface area contributed by atoms with Crippen LogP contribution < -0.4 is 9.47 Å². The van der Waals surface area contributed by atoms with Gasteiger partial charge < -0.3 is 14.0 Å². The van der Waals surface area contributed by atoms with Gasteiger partial charge in [0.2, 0.25) is 5.82 Å². The molecule has 4 rings (SSSR count). The highest BCUT2D eigenvalue weighted by atomic mass is 19.1. The summed E-state index contributed by atoms with van der Waals surface area (Å²) >= 11 is 0. The summed E-state index contributed by atoms with van der Waals surface area (Å²) in [7, 11) is 1.59. The Morgan fingerprint density at radius 3 is 2.48 bits per heavy atom. The Hall–Kier alpha value is -3.74. The molecular formula is C22H16F2N2O3. The second-order valence-electron chi connectivity index (χ2n) is 6.20. The number of aromatic nitrogens is 2. The van der Waals surface area contributed by atoms with Crippen LogP contribution in [0.5, 0.6) is 11.5 Å². The van der Waals surface area contributed by atoms with Crippen LogP contribution in [0.25, 0.3) is 22.8 Å². The Morgan fingerprint density at radius 2 is 1.72 bits per heavy atom. The number of hydrogen-bond acceptors (Lipinski definition) is 5. The van der Waals surface area contributed by atoms with Crippen molar-refractivity contribution >= 4 is 0 Å². The topological polar surface area (TPSA) is 57.4 Å². The second kappa shape index (κ2) is 8.10. The normalized spacial score (nSPS) is 10.7. The van der Waals surface area contributed by atoms with E-state index < -0.39 is 11.6 Å². The molecule has 146 valence electrons. The van der Waals surface area contributed by atoms with Crippen LogP contribution in [0.15, 0.2) is 71.3 Å². The molecule has 5 nitrogen and oxygen atoms in total. The van der Waals surface area contributed by atoms with Gasteiger partial charge in [0.15, 0.2) is 0 Å². The van der Waals surface area contributed by atoms with Crippen LogP contribution >= 0.6 is 0 Å². The van der Waals surface area contributed by atoms with Gasteiger partial charge in [-0.15, -0.1) is 0 Å². The lowest BCUT2D eigenvalue weighted by Crippen LogP contribution is -1.99. The third kappa shape index (κ3) is 4.24. The molecule has 4 aromatic rings. The summed E-state index contributed by atoms with van der Waals surface area (Å²) in [4.78, 5) is 4.41. The first-order chi connectivity index (χ1) is 14.1. The number of benzene rings is 3. The maximum atomic E-state index is 13.7. The fourth-order valence-electron chi connectivity index (χ4n) is 2.71. The van der Waals surface area contributed by atoms with Gasteiger partial charge in [0, 0.05) is 22.8 Å². The lowest BCUT2D eigenvalue weighted by molar-refractivity contribution is 0.299. The minimum atomic E-state index is -0.640. The number of methoxy groups -OCH3 is 1. The van der Waals surface area contributed by atoms with E-state index >= 15 is 0 Å². The molecule has 0 aliphatic carbocycles. The third-order valence-corrected chi connectivity index (χ3v) is 4.26. The summed E-state index contributed by atoms with van der Waals surface area (Å²) in [5.41, 5.74) is 1.77. The van der Waals surface area contributed by atoms with Crippen molar-refractivity contribution in [2.24, 2.45) is 0 Å². The van der Waals surface area contributed by atoms with E-state index in [1.54, 1.807) is 31.4 Å². The monoisotopic (exact) mass is 394 g/mol. The van der Waals surface area contributed by atoms with Gasteiger partial charge in [-0.3, -0.25) is 0 Å². The van der Waals surface area contributed by atoms with Crippen molar-refractivity contribution in [3.8, 4) is 34.3 Å². The average molecular weight is 394 g/mol. The molecule has 3 aromatic carbocycles. The van der Waals surface area contributed by atoms with Gasteiger partial charge in [0.1, 0.15) is 29.7 Å². The Morgan fingerprint density at radius 1 is 0.897 bits per heavy atom. The first-order valence-electron chi connectivity index (χ1n) is 8.77.